The molecule has 3 nitrogen and oxygen atoms in total. The zero-order valence-corrected chi connectivity index (χ0v) is 15.1. The largest absolute Gasteiger partial charge is 0.506 e. The average molecular weight is 360 g/mol. The number of rotatable bonds is 5. The van der Waals surface area contributed by atoms with E-state index in [1.807, 2.05) is 56.3 Å². The molecule has 2 aromatic carbocycles. The van der Waals surface area contributed by atoms with Gasteiger partial charge in [-0.25, -0.2) is 0 Å². The Labute approximate surface area is 150 Å². The van der Waals surface area contributed by atoms with Crippen molar-refractivity contribution in [3.8, 4) is 11.5 Å². The van der Waals surface area contributed by atoms with Crippen molar-refractivity contribution in [2.24, 2.45) is 4.99 Å². The summed E-state index contributed by atoms with van der Waals surface area (Å²) in [4.78, 5) is 5.40. The maximum atomic E-state index is 10.5. The summed E-state index contributed by atoms with van der Waals surface area (Å²) in [6.45, 7) is 5.02. The molecule has 1 heterocycles. The normalized spacial score (nSPS) is 11.9. The molecule has 0 saturated carbocycles. The highest BCUT2D eigenvalue weighted by molar-refractivity contribution is 7.21. The van der Waals surface area contributed by atoms with Crippen LogP contribution in [0.2, 0.25) is 5.02 Å². The van der Waals surface area contributed by atoms with E-state index in [1.54, 1.807) is 0 Å². The maximum absolute atomic E-state index is 10.5. The summed E-state index contributed by atoms with van der Waals surface area (Å²) in [5, 5.41) is 12.1. The van der Waals surface area contributed by atoms with Crippen LogP contribution in [0.15, 0.2) is 47.5 Å². The number of halogens is 1. The molecule has 1 aromatic heterocycles. The van der Waals surface area contributed by atoms with Gasteiger partial charge in [0.15, 0.2) is 0 Å². The molecule has 0 atom stereocenters. The van der Waals surface area contributed by atoms with Crippen LogP contribution in [0, 0.1) is 0 Å². The summed E-state index contributed by atoms with van der Waals surface area (Å²) in [7, 11) is 0. The van der Waals surface area contributed by atoms with Crippen molar-refractivity contribution >= 4 is 38.7 Å². The highest BCUT2D eigenvalue weighted by Gasteiger charge is 2.14. The van der Waals surface area contributed by atoms with E-state index in [4.69, 9.17) is 16.3 Å². The van der Waals surface area contributed by atoms with E-state index in [1.165, 1.54) is 11.3 Å². The molecule has 0 fully saturated rings. The van der Waals surface area contributed by atoms with E-state index in [-0.39, 0.29) is 5.75 Å². The molecule has 3 aromatic rings. The standard InChI is InChI=1S/C19H18ClNO2S/c1-3-23-15-8-9-17-16(10-15)18(22)19(24-17)12(2)21-11-13-4-6-14(20)7-5-13/h4-10,22H,3,11H2,1-2H3. The Morgan fingerprint density at radius 3 is 2.67 bits per heavy atom. The monoisotopic (exact) mass is 359 g/mol. The predicted molar refractivity (Wildman–Crippen MR) is 102 cm³/mol. The van der Waals surface area contributed by atoms with Crippen LogP contribution in [-0.4, -0.2) is 17.4 Å². The lowest BCUT2D eigenvalue weighted by Crippen LogP contribution is -1.93. The Morgan fingerprint density at radius 1 is 1.21 bits per heavy atom. The number of hydrogen-bond donors (Lipinski definition) is 1. The molecule has 0 radical (unpaired) electrons. The van der Waals surface area contributed by atoms with Crippen molar-refractivity contribution in [3.63, 3.8) is 0 Å². The molecule has 0 bridgehead atoms. The zero-order chi connectivity index (χ0) is 17.1. The van der Waals surface area contributed by atoms with Gasteiger partial charge in [-0.05, 0) is 49.7 Å². The molecule has 0 spiro atoms. The van der Waals surface area contributed by atoms with Gasteiger partial charge in [0.05, 0.1) is 23.7 Å². The highest BCUT2D eigenvalue weighted by Crippen LogP contribution is 2.39. The summed E-state index contributed by atoms with van der Waals surface area (Å²) in [5.41, 5.74) is 1.90. The number of thiophene rings is 1. The number of ether oxygens (including phenoxy) is 1. The Hall–Kier alpha value is -2.04. The third-order valence-corrected chi connectivity index (χ3v) is 5.21. The molecule has 0 saturated heterocycles. The second-order valence-corrected chi connectivity index (χ2v) is 6.89. The summed E-state index contributed by atoms with van der Waals surface area (Å²) >= 11 is 7.43. The zero-order valence-electron chi connectivity index (χ0n) is 13.5. The number of hydrogen-bond acceptors (Lipinski definition) is 4. The number of aliphatic imine (C=N–C) groups is 1. The Balaban J connectivity index is 1.88. The summed E-state index contributed by atoms with van der Waals surface area (Å²) < 4.78 is 6.53. The smallest absolute Gasteiger partial charge is 0.143 e. The van der Waals surface area contributed by atoms with Crippen molar-refractivity contribution in [2.75, 3.05) is 6.61 Å². The van der Waals surface area contributed by atoms with E-state index >= 15 is 0 Å². The molecule has 0 aliphatic heterocycles. The number of aromatic hydroxyl groups is 1. The lowest BCUT2D eigenvalue weighted by molar-refractivity contribution is 0.340. The van der Waals surface area contributed by atoms with Gasteiger partial charge in [-0.3, -0.25) is 4.99 Å². The van der Waals surface area contributed by atoms with Gasteiger partial charge in [-0.15, -0.1) is 11.3 Å². The van der Waals surface area contributed by atoms with Crippen molar-refractivity contribution in [1.29, 1.82) is 0 Å². The van der Waals surface area contributed by atoms with Crippen LogP contribution < -0.4 is 4.74 Å². The van der Waals surface area contributed by atoms with Gasteiger partial charge in [-0.1, -0.05) is 23.7 Å². The first-order chi connectivity index (χ1) is 11.6. The lowest BCUT2D eigenvalue weighted by Gasteiger charge is -2.02. The number of fused-ring (bicyclic) bond motifs is 1. The third kappa shape index (κ3) is 3.55. The van der Waals surface area contributed by atoms with E-state index in [0.717, 1.165) is 32.0 Å². The molecular weight excluding hydrogens is 342 g/mol. The van der Waals surface area contributed by atoms with E-state index in [9.17, 15) is 5.11 Å². The van der Waals surface area contributed by atoms with Gasteiger partial charge < -0.3 is 9.84 Å². The second kappa shape index (κ2) is 7.24. The Bertz CT molecular complexity index is 884. The van der Waals surface area contributed by atoms with Gasteiger partial charge in [0.2, 0.25) is 0 Å². The number of benzene rings is 2. The second-order valence-electron chi connectivity index (χ2n) is 5.40. The Morgan fingerprint density at radius 2 is 1.96 bits per heavy atom. The van der Waals surface area contributed by atoms with E-state index in [0.29, 0.717) is 18.2 Å². The quantitative estimate of drug-likeness (QED) is 0.596. The third-order valence-electron chi connectivity index (χ3n) is 3.68. The molecule has 0 amide bonds. The van der Waals surface area contributed by atoms with Gasteiger partial charge >= 0.3 is 0 Å². The topological polar surface area (TPSA) is 41.8 Å². The summed E-state index contributed by atoms with van der Waals surface area (Å²) in [6.07, 6.45) is 0. The average Bonchev–Trinajstić information content (AvgIpc) is 2.91. The van der Waals surface area contributed by atoms with Gasteiger partial charge in [-0.2, -0.15) is 0 Å². The van der Waals surface area contributed by atoms with Gasteiger partial charge in [0, 0.05) is 15.1 Å². The minimum absolute atomic E-state index is 0.272. The molecule has 0 aliphatic carbocycles. The van der Waals surface area contributed by atoms with Crippen LogP contribution in [0.25, 0.3) is 10.1 Å². The Kier molecular flexibility index (Phi) is 5.07. The van der Waals surface area contributed by atoms with Gasteiger partial charge in [0.1, 0.15) is 11.5 Å². The fraction of sp³-hybridized carbons (Fsp3) is 0.211. The molecule has 0 unspecified atom stereocenters. The van der Waals surface area contributed by atoms with Crippen LogP contribution in [-0.2, 0) is 6.54 Å². The predicted octanol–water partition coefficient (Wildman–Crippen LogP) is 5.67. The van der Waals surface area contributed by atoms with E-state index in [2.05, 4.69) is 4.99 Å². The van der Waals surface area contributed by atoms with Crippen molar-refractivity contribution in [2.45, 2.75) is 20.4 Å². The van der Waals surface area contributed by atoms with Crippen molar-refractivity contribution in [3.05, 3.63) is 57.9 Å². The summed E-state index contributed by atoms with van der Waals surface area (Å²) in [6, 6.07) is 13.4. The van der Waals surface area contributed by atoms with Crippen LogP contribution in [0.1, 0.15) is 24.3 Å². The van der Waals surface area contributed by atoms with Crippen molar-refractivity contribution < 1.29 is 9.84 Å². The van der Waals surface area contributed by atoms with Crippen LogP contribution in [0.4, 0.5) is 0 Å². The van der Waals surface area contributed by atoms with Crippen LogP contribution in [0.3, 0.4) is 0 Å². The minimum atomic E-state index is 0.272. The molecule has 0 aliphatic rings. The molecule has 124 valence electrons. The molecule has 1 N–H and O–H groups in total. The summed E-state index contributed by atoms with van der Waals surface area (Å²) in [5.74, 6) is 1.04. The first-order valence-electron chi connectivity index (χ1n) is 7.72. The van der Waals surface area contributed by atoms with Crippen LogP contribution >= 0.6 is 22.9 Å². The van der Waals surface area contributed by atoms with E-state index < -0.39 is 0 Å². The first kappa shape index (κ1) is 16.8. The maximum Gasteiger partial charge on any atom is 0.143 e. The van der Waals surface area contributed by atoms with Crippen molar-refractivity contribution in [1.82, 2.24) is 0 Å². The SMILES string of the molecule is CCOc1ccc2sc(C(C)=NCc3ccc(Cl)cc3)c(O)c2c1. The molecule has 3 rings (SSSR count). The molecular formula is C19H18ClNO2S. The molecule has 24 heavy (non-hydrogen) atoms. The fourth-order valence-corrected chi connectivity index (χ4v) is 3.60. The molecule has 5 heteroatoms. The highest BCUT2D eigenvalue weighted by atomic mass is 35.5. The first-order valence-corrected chi connectivity index (χ1v) is 8.92. The fourth-order valence-electron chi connectivity index (χ4n) is 2.44. The minimum Gasteiger partial charge on any atom is -0.506 e. The number of nitrogens with zero attached hydrogens (tertiary/aromatic N) is 1. The van der Waals surface area contributed by atoms with Crippen LogP contribution in [0.5, 0.6) is 11.5 Å². The lowest BCUT2D eigenvalue weighted by atomic mass is 10.2. The van der Waals surface area contributed by atoms with Gasteiger partial charge in [0.25, 0.3) is 0 Å².